The van der Waals surface area contributed by atoms with Gasteiger partial charge in [-0.3, -0.25) is 0 Å². The molecular weight excluding hydrogens is 399 g/mol. The third kappa shape index (κ3) is 19.4. The van der Waals surface area contributed by atoms with Gasteiger partial charge in [-0.05, 0) is 0 Å². The zero-order valence-corrected chi connectivity index (χ0v) is 12.3. The summed E-state index contributed by atoms with van der Waals surface area (Å²) >= 11 is 0. The minimum Gasteiger partial charge on any atom is 0 e. The Labute approximate surface area is 93.6 Å². The predicted octanol–water partition coefficient (Wildman–Crippen LogP) is -3.29. The van der Waals surface area contributed by atoms with Gasteiger partial charge in [0, 0.05) is 36.5 Å². The standard InChI is InChI=1S/Cu.GeH4.H2Se.Sn.Zn.2H/h;1H4;1H2;;;;. The Morgan fingerprint density at radius 1 is 1.00 bits per heavy atom. The summed E-state index contributed by atoms with van der Waals surface area (Å²) in [5.74, 6) is 0. The molecule has 0 amide bonds. The summed E-state index contributed by atoms with van der Waals surface area (Å²) < 4.78 is 0. The number of hydrogen-bond acceptors (Lipinski definition) is 0. The molecule has 0 fully saturated rings. The predicted molar refractivity (Wildman–Crippen MR) is 28.4 cm³/mol. The molecule has 0 saturated heterocycles. The first kappa shape index (κ1) is 43.5. The molecule has 0 saturated carbocycles. The quantitative estimate of drug-likeness (QED) is 0.370. The van der Waals surface area contributed by atoms with E-state index < -0.39 is 0 Å². The smallest absolute Gasteiger partial charge is 0 e. The van der Waals surface area contributed by atoms with Gasteiger partial charge in [0.1, 0.15) is 0 Å². The molecule has 5 heavy (non-hydrogen) atoms. The topological polar surface area (TPSA) is 0 Å². The number of rotatable bonds is 0. The summed E-state index contributed by atoms with van der Waals surface area (Å²) in [5, 5.41) is 0. The van der Waals surface area contributed by atoms with Crippen LogP contribution < -0.4 is 0 Å². The van der Waals surface area contributed by atoms with Gasteiger partial charge in [-0.2, -0.15) is 0 Å². The minimum atomic E-state index is 0. The van der Waals surface area contributed by atoms with Crippen LogP contribution in [0.5, 0.6) is 0 Å². The fraction of sp³-hybridized carbons (Fsp3) is 0. The molecule has 0 aliphatic heterocycles. The normalized spacial score (nSPS) is 0. The molecule has 0 atom stereocenters. The van der Waals surface area contributed by atoms with Crippen LogP contribution >= 0.6 is 0 Å². The fourth-order valence-corrected chi connectivity index (χ4v) is 0. The van der Waals surface area contributed by atoms with Gasteiger partial charge >= 0.3 is 58.6 Å². The van der Waals surface area contributed by atoms with E-state index in [1.54, 1.807) is 0 Å². The van der Waals surface area contributed by atoms with Crippen LogP contribution in [-0.2, 0) is 36.5 Å². The van der Waals surface area contributed by atoms with Crippen LogP contribution in [0.15, 0.2) is 0 Å². The Balaban J connectivity index is 0. The van der Waals surface area contributed by atoms with Crippen LogP contribution in [-0.4, -0.2) is 58.6 Å². The van der Waals surface area contributed by atoms with Crippen LogP contribution in [0.3, 0.4) is 0 Å². The maximum atomic E-state index is 0. The van der Waals surface area contributed by atoms with Gasteiger partial charge < -0.3 is 0 Å². The molecule has 3 radical (unpaired) electrons. The van der Waals surface area contributed by atoms with Crippen LogP contribution in [0.25, 0.3) is 0 Å². The van der Waals surface area contributed by atoms with Gasteiger partial charge in [0.05, 0.1) is 0 Å². The van der Waals surface area contributed by atoms with Gasteiger partial charge in [0.2, 0.25) is 0 Å². The van der Waals surface area contributed by atoms with E-state index in [0.717, 1.165) is 0 Å². The Bertz CT molecular complexity index is 11.6. The van der Waals surface area contributed by atoms with Gasteiger partial charge in [-0.15, -0.1) is 0 Å². The fourth-order valence-electron chi connectivity index (χ4n) is 0. The molecule has 0 aliphatic rings. The zero-order chi connectivity index (χ0) is 0. The van der Waals surface area contributed by atoms with Gasteiger partial charge in [-0.1, -0.05) is 0 Å². The molecule has 0 nitrogen and oxygen atoms in total. The third-order valence-corrected chi connectivity index (χ3v) is 0. The van der Waals surface area contributed by atoms with E-state index in [-0.39, 0.29) is 95.1 Å². The van der Waals surface area contributed by atoms with Crippen molar-refractivity contribution in [3.63, 3.8) is 0 Å². The second-order valence-electron chi connectivity index (χ2n) is 0. The summed E-state index contributed by atoms with van der Waals surface area (Å²) in [7, 11) is 0. The van der Waals surface area contributed by atoms with E-state index in [0.29, 0.717) is 0 Å². The molecule has 0 aromatic carbocycles. The van der Waals surface area contributed by atoms with E-state index in [1.165, 1.54) is 0 Å². The van der Waals surface area contributed by atoms with Crippen molar-refractivity contribution < 1.29 is 36.5 Å². The van der Waals surface area contributed by atoms with Crippen molar-refractivity contribution in [1.29, 1.82) is 0 Å². The van der Waals surface area contributed by atoms with Gasteiger partial charge in [0.15, 0.2) is 0 Å². The first-order valence-electron chi connectivity index (χ1n) is 0. The second-order valence-corrected chi connectivity index (χ2v) is 0. The first-order chi connectivity index (χ1) is 0. The summed E-state index contributed by atoms with van der Waals surface area (Å²) in [6.45, 7) is 0. The second kappa shape index (κ2) is 28.0. The van der Waals surface area contributed by atoms with E-state index in [2.05, 4.69) is 0 Å². The Morgan fingerprint density at radius 3 is 1.00 bits per heavy atom. The molecule has 5 heteroatoms. The van der Waals surface area contributed by atoms with E-state index in [9.17, 15) is 0 Å². The minimum absolute atomic E-state index is 0. The molecular formula is H8CuGeSeSnZn. The largest absolute Gasteiger partial charge is 0 e. The van der Waals surface area contributed by atoms with Crippen molar-refractivity contribution in [2.45, 2.75) is 0 Å². The van der Waals surface area contributed by atoms with Crippen LogP contribution in [0.4, 0.5) is 0 Å². The molecule has 0 rings (SSSR count). The average molecular weight is 407 g/mol. The molecule has 0 unspecified atom stereocenters. The van der Waals surface area contributed by atoms with Crippen LogP contribution in [0, 0.1) is 0 Å². The Morgan fingerprint density at radius 2 is 1.00 bits per heavy atom. The number of hydrogen-bond donors (Lipinski definition) is 0. The van der Waals surface area contributed by atoms with E-state index >= 15 is 0 Å². The molecule has 0 aliphatic carbocycles. The Kier molecular flexibility index (Phi) is 243. The van der Waals surface area contributed by atoms with Crippen molar-refractivity contribution in [1.82, 2.24) is 0 Å². The van der Waals surface area contributed by atoms with E-state index in [4.69, 9.17) is 0 Å². The van der Waals surface area contributed by atoms with Gasteiger partial charge in [0.25, 0.3) is 0 Å². The van der Waals surface area contributed by atoms with Crippen molar-refractivity contribution in [2.24, 2.45) is 0 Å². The van der Waals surface area contributed by atoms with Crippen molar-refractivity contribution in [3.8, 4) is 0 Å². The molecule has 0 aromatic heterocycles. The molecule has 35 valence electrons. The van der Waals surface area contributed by atoms with Crippen molar-refractivity contribution in [3.05, 3.63) is 0 Å². The molecule has 0 heterocycles. The third-order valence-electron chi connectivity index (χ3n) is 0. The summed E-state index contributed by atoms with van der Waals surface area (Å²) in [5.41, 5.74) is 0. The zero-order valence-electron chi connectivity index (χ0n) is 2.22. The summed E-state index contributed by atoms with van der Waals surface area (Å²) in [6, 6.07) is 0. The summed E-state index contributed by atoms with van der Waals surface area (Å²) in [4.78, 5) is 0. The summed E-state index contributed by atoms with van der Waals surface area (Å²) in [6.07, 6.45) is 0. The maximum Gasteiger partial charge on any atom is 0 e. The van der Waals surface area contributed by atoms with E-state index in [1.807, 2.05) is 0 Å². The van der Waals surface area contributed by atoms with Crippen molar-refractivity contribution in [2.75, 3.05) is 0 Å². The molecule has 0 aromatic rings. The first-order valence-corrected chi connectivity index (χ1v) is 0. The van der Waals surface area contributed by atoms with Crippen molar-refractivity contribution >= 4 is 58.6 Å². The monoisotopic (exact) mass is 409 g/mol. The van der Waals surface area contributed by atoms with Crippen LogP contribution in [0.1, 0.15) is 0 Å². The average Bonchev–Trinajstić information content (AvgIpc) is 0. The van der Waals surface area contributed by atoms with Gasteiger partial charge in [-0.25, -0.2) is 0 Å². The SMILES string of the molecule is [Cu].[GeH4].[SeH2].[SnH2].[Zn]. The molecule has 0 bridgehead atoms. The molecule has 0 N–H and O–H groups in total. The maximum absolute atomic E-state index is 0. The molecule has 0 spiro atoms. The van der Waals surface area contributed by atoms with Crippen LogP contribution in [0.2, 0.25) is 0 Å². The Hall–Kier alpha value is 3.00.